The molecule has 0 aliphatic heterocycles. The summed E-state index contributed by atoms with van der Waals surface area (Å²) in [6, 6.07) is 3.22. The highest BCUT2D eigenvalue weighted by molar-refractivity contribution is 7.90. The summed E-state index contributed by atoms with van der Waals surface area (Å²) in [6.45, 7) is 1.70. The molecule has 1 aromatic carbocycles. The molecule has 0 aliphatic carbocycles. The van der Waals surface area contributed by atoms with Crippen LogP contribution in [0.2, 0.25) is 0 Å². The predicted molar refractivity (Wildman–Crippen MR) is 92.2 cm³/mol. The number of pyridine rings is 1. The molecule has 3 rings (SSSR count). The van der Waals surface area contributed by atoms with Gasteiger partial charge in [-0.25, -0.2) is 26.3 Å². The summed E-state index contributed by atoms with van der Waals surface area (Å²) < 4.78 is 67.1. The first-order chi connectivity index (χ1) is 12.8. The van der Waals surface area contributed by atoms with Crippen LogP contribution >= 0.6 is 0 Å². The molecule has 0 unspecified atom stereocenters. The van der Waals surface area contributed by atoms with Gasteiger partial charge in [-0.15, -0.1) is 5.10 Å². The Hall–Kier alpha value is -2.75. The summed E-state index contributed by atoms with van der Waals surface area (Å²) in [5.74, 6) is -3.21. The van der Waals surface area contributed by atoms with E-state index in [9.17, 15) is 21.6 Å². The lowest BCUT2D eigenvalue weighted by atomic mass is 10.2. The normalized spacial score (nSPS) is 11.7. The molecule has 2 aromatic heterocycles. The molecule has 27 heavy (non-hydrogen) atoms. The topological polar surface area (TPSA) is 77.7 Å². The molecular weight excluding hydrogens is 381 g/mol. The monoisotopic (exact) mass is 396 g/mol. The fourth-order valence-corrected chi connectivity index (χ4v) is 4.04. The number of aromatic nitrogens is 4. The van der Waals surface area contributed by atoms with Crippen molar-refractivity contribution >= 4 is 9.84 Å². The molecule has 0 fully saturated rings. The van der Waals surface area contributed by atoms with Crippen molar-refractivity contribution < 1.29 is 21.6 Å². The molecule has 0 N–H and O–H groups in total. The van der Waals surface area contributed by atoms with E-state index in [1.807, 2.05) is 0 Å². The van der Waals surface area contributed by atoms with Gasteiger partial charge in [-0.05, 0) is 18.6 Å². The van der Waals surface area contributed by atoms with E-state index in [1.54, 1.807) is 6.92 Å². The first-order valence-corrected chi connectivity index (χ1v) is 9.84. The number of nitrogens with zero attached hydrogens (tertiary/aromatic N) is 4. The van der Waals surface area contributed by atoms with Crippen LogP contribution in [0, 0.1) is 17.5 Å². The van der Waals surface area contributed by atoms with Crippen molar-refractivity contribution in [3.05, 3.63) is 59.8 Å². The van der Waals surface area contributed by atoms with Crippen LogP contribution in [0.1, 0.15) is 18.9 Å². The second-order valence-corrected chi connectivity index (χ2v) is 8.09. The SMILES string of the molecule is CCCS(=O)(=O)Cc1ccc(F)c(-n2cc(-c3cncc(F)c3)nn2)c1F. The lowest BCUT2D eigenvalue weighted by Gasteiger charge is -2.09. The van der Waals surface area contributed by atoms with Gasteiger partial charge in [-0.1, -0.05) is 18.2 Å². The Morgan fingerprint density at radius 2 is 1.93 bits per heavy atom. The van der Waals surface area contributed by atoms with Gasteiger partial charge in [0.2, 0.25) is 0 Å². The molecule has 0 radical (unpaired) electrons. The third-order valence-electron chi connectivity index (χ3n) is 3.76. The van der Waals surface area contributed by atoms with Crippen molar-refractivity contribution in [2.75, 3.05) is 5.75 Å². The minimum Gasteiger partial charge on any atom is -0.261 e. The summed E-state index contributed by atoms with van der Waals surface area (Å²) in [7, 11) is -3.52. The minimum atomic E-state index is -3.52. The van der Waals surface area contributed by atoms with Crippen molar-refractivity contribution in [1.29, 1.82) is 0 Å². The zero-order chi connectivity index (χ0) is 19.6. The number of halogens is 3. The van der Waals surface area contributed by atoms with Crippen molar-refractivity contribution in [2.45, 2.75) is 19.1 Å². The van der Waals surface area contributed by atoms with Crippen molar-refractivity contribution in [3.8, 4) is 16.9 Å². The van der Waals surface area contributed by atoms with Gasteiger partial charge in [0.25, 0.3) is 0 Å². The smallest absolute Gasteiger partial charge is 0.156 e. The first kappa shape index (κ1) is 19.0. The van der Waals surface area contributed by atoms with Crippen LogP contribution in [0.4, 0.5) is 13.2 Å². The molecule has 0 spiro atoms. The van der Waals surface area contributed by atoms with Crippen LogP contribution in [0.25, 0.3) is 16.9 Å². The van der Waals surface area contributed by atoms with Gasteiger partial charge in [0.15, 0.2) is 21.5 Å². The van der Waals surface area contributed by atoms with Crippen molar-refractivity contribution in [1.82, 2.24) is 20.0 Å². The van der Waals surface area contributed by atoms with Gasteiger partial charge in [-0.3, -0.25) is 4.98 Å². The highest BCUT2D eigenvalue weighted by Crippen LogP contribution is 2.24. The van der Waals surface area contributed by atoms with Gasteiger partial charge < -0.3 is 0 Å². The highest BCUT2D eigenvalue weighted by atomic mass is 32.2. The van der Waals surface area contributed by atoms with Crippen LogP contribution in [0.15, 0.2) is 36.8 Å². The maximum absolute atomic E-state index is 14.8. The fraction of sp³-hybridized carbons (Fsp3) is 0.235. The standard InChI is InChI=1S/C17H15F3N4O2S/c1-2-5-27(25,26)10-11-3-4-14(19)17(16(11)20)24-9-15(22-23-24)12-6-13(18)8-21-7-12/h3-4,6-9H,2,5,10H2,1H3. The summed E-state index contributed by atoms with van der Waals surface area (Å²) >= 11 is 0. The Morgan fingerprint density at radius 1 is 1.15 bits per heavy atom. The quantitative estimate of drug-likeness (QED) is 0.640. The average Bonchev–Trinajstić information content (AvgIpc) is 3.07. The van der Waals surface area contributed by atoms with Crippen LogP contribution in [-0.4, -0.2) is 34.1 Å². The van der Waals surface area contributed by atoms with E-state index in [-0.39, 0.29) is 22.6 Å². The van der Waals surface area contributed by atoms with E-state index in [1.165, 1.54) is 12.4 Å². The van der Waals surface area contributed by atoms with Crippen molar-refractivity contribution in [2.24, 2.45) is 0 Å². The van der Waals surface area contributed by atoms with E-state index in [2.05, 4.69) is 15.3 Å². The van der Waals surface area contributed by atoms with Gasteiger partial charge in [0.05, 0.1) is 23.9 Å². The maximum atomic E-state index is 14.8. The molecule has 10 heteroatoms. The minimum absolute atomic E-state index is 0.0980. The Bertz CT molecular complexity index is 1080. The molecule has 0 atom stereocenters. The predicted octanol–water partition coefficient (Wildman–Crippen LogP) is 3.07. The molecule has 0 bridgehead atoms. The number of sulfone groups is 1. The molecule has 0 saturated heterocycles. The summed E-state index contributed by atoms with van der Waals surface area (Å²) in [5, 5.41) is 7.45. The van der Waals surface area contributed by atoms with E-state index in [4.69, 9.17) is 0 Å². The number of benzene rings is 1. The van der Waals surface area contributed by atoms with Crippen LogP contribution < -0.4 is 0 Å². The van der Waals surface area contributed by atoms with E-state index < -0.39 is 38.7 Å². The van der Waals surface area contributed by atoms with E-state index in [0.717, 1.165) is 29.1 Å². The van der Waals surface area contributed by atoms with E-state index in [0.29, 0.717) is 6.42 Å². The maximum Gasteiger partial charge on any atom is 0.156 e. The molecule has 2 heterocycles. The average molecular weight is 396 g/mol. The third-order valence-corrected chi connectivity index (χ3v) is 5.54. The summed E-state index contributed by atoms with van der Waals surface area (Å²) in [4.78, 5) is 3.68. The number of hydrogen-bond acceptors (Lipinski definition) is 5. The molecular formula is C17H15F3N4O2S. The van der Waals surface area contributed by atoms with Crippen LogP contribution in [-0.2, 0) is 15.6 Å². The Labute approximate surface area is 153 Å². The molecule has 142 valence electrons. The summed E-state index contributed by atoms with van der Waals surface area (Å²) in [5.41, 5.74) is -0.278. The zero-order valence-electron chi connectivity index (χ0n) is 14.2. The fourth-order valence-electron chi connectivity index (χ4n) is 2.58. The van der Waals surface area contributed by atoms with Crippen LogP contribution in [0.3, 0.4) is 0 Å². The van der Waals surface area contributed by atoms with E-state index >= 15 is 0 Å². The molecule has 3 aromatic rings. The Morgan fingerprint density at radius 3 is 2.63 bits per heavy atom. The Kier molecular flexibility index (Phi) is 5.26. The lowest BCUT2D eigenvalue weighted by molar-refractivity contribution is 0.547. The zero-order valence-corrected chi connectivity index (χ0v) is 15.0. The highest BCUT2D eigenvalue weighted by Gasteiger charge is 2.21. The largest absolute Gasteiger partial charge is 0.261 e. The second kappa shape index (κ2) is 7.47. The molecule has 0 aliphatic rings. The lowest BCUT2D eigenvalue weighted by Crippen LogP contribution is -2.12. The van der Waals surface area contributed by atoms with Gasteiger partial charge in [-0.2, -0.15) is 0 Å². The Balaban J connectivity index is 2.01. The third kappa shape index (κ3) is 4.16. The van der Waals surface area contributed by atoms with Crippen LogP contribution in [0.5, 0.6) is 0 Å². The number of hydrogen-bond donors (Lipinski definition) is 0. The number of rotatable bonds is 6. The second-order valence-electron chi connectivity index (χ2n) is 5.90. The molecule has 0 saturated carbocycles. The van der Waals surface area contributed by atoms with Gasteiger partial charge >= 0.3 is 0 Å². The summed E-state index contributed by atoms with van der Waals surface area (Å²) in [6.07, 6.45) is 3.94. The van der Waals surface area contributed by atoms with Gasteiger partial charge in [0.1, 0.15) is 17.2 Å². The van der Waals surface area contributed by atoms with Crippen molar-refractivity contribution in [3.63, 3.8) is 0 Å². The van der Waals surface area contributed by atoms with Gasteiger partial charge in [0, 0.05) is 17.3 Å². The molecule has 0 amide bonds. The first-order valence-electron chi connectivity index (χ1n) is 8.01. The molecule has 6 nitrogen and oxygen atoms in total.